The average molecular weight is 262 g/mol. The molecular weight excluding hydrogens is 248 g/mol. The zero-order valence-corrected chi connectivity index (χ0v) is 10.7. The largest absolute Gasteiger partial charge is 0.392 e. The maximum atomic E-state index is 11.9. The van der Waals surface area contributed by atoms with Gasteiger partial charge in [-0.3, -0.25) is 9.40 Å². The average Bonchev–Trinajstić information content (AvgIpc) is 2.49. The number of aromatic nitrogens is 2. The molecular formula is C8H14N4O2S2. The molecule has 0 amide bonds. The van der Waals surface area contributed by atoms with E-state index in [0.717, 1.165) is 0 Å². The minimum absolute atomic E-state index is 0.0288. The summed E-state index contributed by atoms with van der Waals surface area (Å²) in [7, 11) is -1.88. The second-order valence-corrected chi connectivity index (χ2v) is 5.68. The molecule has 0 aromatic carbocycles. The molecule has 0 aliphatic carbocycles. The minimum atomic E-state index is -3.58. The summed E-state index contributed by atoms with van der Waals surface area (Å²) >= 11 is 4.72. The first kappa shape index (κ1) is 12.9. The van der Waals surface area contributed by atoms with E-state index in [9.17, 15) is 8.42 Å². The van der Waals surface area contributed by atoms with E-state index in [0.29, 0.717) is 12.1 Å². The van der Waals surface area contributed by atoms with Gasteiger partial charge < -0.3 is 5.73 Å². The molecule has 1 atom stereocenters. The Bertz CT molecular complexity index is 480. The molecule has 0 spiro atoms. The lowest BCUT2D eigenvalue weighted by Gasteiger charge is -2.14. The van der Waals surface area contributed by atoms with Gasteiger partial charge >= 0.3 is 0 Å². The number of hydrogen-bond acceptors (Lipinski definition) is 4. The Labute approximate surface area is 99.9 Å². The SMILES string of the molecule is CCC(C(N)=S)S(=O)(=O)Nc1cnn(C)c1. The molecule has 0 fully saturated rings. The fourth-order valence-corrected chi connectivity index (χ4v) is 3.15. The summed E-state index contributed by atoms with van der Waals surface area (Å²) in [6, 6.07) is 0. The number of thiocarbonyl (C=S) groups is 1. The Morgan fingerprint density at radius 2 is 2.38 bits per heavy atom. The summed E-state index contributed by atoms with van der Waals surface area (Å²) in [5, 5.41) is 3.00. The van der Waals surface area contributed by atoms with E-state index in [1.807, 2.05) is 0 Å². The molecule has 1 heterocycles. The lowest BCUT2D eigenvalue weighted by atomic mass is 10.3. The van der Waals surface area contributed by atoms with Crippen LogP contribution in [0.2, 0.25) is 0 Å². The first-order valence-electron chi connectivity index (χ1n) is 4.66. The summed E-state index contributed by atoms with van der Waals surface area (Å²) in [6.07, 6.45) is 3.32. The predicted molar refractivity (Wildman–Crippen MR) is 66.6 cm³/mol. The molecule has 90 valence electrons. The van der Waals surface area contributed by atoms with Crippen LogP contribution in [0.15, 0.2) is 12.4 Å². The second kappa shape index (κ2) is 4.79. The Morgan fingerprint density at radius 3 is 2.75 bits per heavy atom. The van der Waals surface area contributed by atoms with Crippen LogP contribution in [0, 0.1) is 0 Å². The van der Waals surface area contributed by atoms with Crippen LogP contribution in [0.25, 0.3) is 0 Å². The number of rotatable bonds is 5. The van der Waals surface area contributed by atoms with E-state index in [2.05, 4.69) is 9.82 Å². The highest BCUT2D eigenvalue weighted by molar-refractivity contribution is 7.95. The van der Waals surface area contributed by atoms with Crippen LogP contribution in [0.1, 0.15) is 13.3 Å². The third-order valence-electron chi connectivity index (χ3n) is 2.03. The molecule has 0 radical (unpaired) electrons. The normalized spacial score (nSPS) is 13.4. The van der Waals surface area contributed by atoms with Crippen LogP contribution in [-0.4, -0.2) is 28.4 Å². The molecule has 0 aliphatic rings. The van der Waals surface area contributed by atoms with Crippen molar-refractivity contribution in [2.75, 3.05) is 4.72 Å². The number of sulfonamides is 1. The molecule has 0 aliphatic heterocycles. The van der Waals surface area contributed by atoms with E-state index in [1.165, 1.54) is 10.9 Å². The lowest BCUT2D eigenvalue weighted by Crippen LogP contribution is -2.37. The fourth-order valence-electron chi connectivity index (χ4n) is 1.28. The van der Waals surface area contributed by atoms with Gasteiger partial charge in [0.15, 0.2) is 0 Å². The second-order valence-electron chi connectivity index (χ2n) is 3.35. The van der Waals surface area contributed by atoms with Crippen LogP contribution in [0.4, 0.5) is 5.69 Å². The third kappa shape index (κ3) is 2.92. The molecule has 3 N–H and O–H groups in total. The maximum absolute atomic E-state index is 11.9. The molecule has 8 heteroatoms. The smallest absolute Gasteiger partial charge is 0.242 e. The zero-order valence-electron chi connectivity index (χ0n) is 9.04. The molecule has 6 nitrogen and oxygen atoms in total. The first-order chi connectivity index (χ1) is 7.36. The van der Waals surface area contributed by atoms with Crippen LogP contribution >= 0.6 is 12.2 Å². The van der Waals surface area contributed by atoms with E-state index in [1.54, 1.807) is 20.2 Å². The van der Waals surface area contributed by atoms with E-state index >= 15 is 0 Å². The molecule has 1 aromatic rings. The third-order valence-corrected chi connectivity index (χ3v) is 4.32. The van der Waals surface area contributed by atoms with Gasteiger partial charge in [0.05, 0.1) is 16.9 Å². The lowest BCUT2D eigenvalue weighted by molar-refractivity contribution is 0.594. The number of aryl methyl sites for hydroxylation is 1. The summed E-state index contributed by atoms with van der Waals surface area (Å²) in [5.41, 5.74) is 5.78. The number of nitrogens with two attached hydrogens (primary N) is 1. The standard InChI is InChI=1S/C8H14N4O2S2/c1-3-7(8(9)15)16(13,14)11-6-4-10-12(2)5-6/h4-5,7,11H,3H2,1-2H3,(H2,9,15). The summed E-state index contributed by atoms with van der Waals surface area (Å²) < 4.78 is 27.6. The maximum Gasteiger partial charge on any atom is 0.242 e. The van der Waals surface area contributed by atoms with Gasteiger partial charge in [-0.05, 0) is 6.42 Å². The zero-order chi connectivity index (χ0) is 12.3. The summed E-state index contributed by atoms with van der Waals surface area (Å²) in [4.78, 5) is -0.0288. The highest BCUT2D eigenvalue weighted by Gasteiger charge is 2.26. The minimum Gasteiger partial charge on any atom is -0.392 e. The van der Waals surface area contributed by atoms with Gasteiger partial charge in [-0.25, -0.2) is 8.42 Å². The molecule has 0 saturated carbocycles. The summed E-state index contributed by atoms with van der Waals surface area (Å²) in [5.74, 6) is 0. The highest BCUT2D eigenvalue weighted by atomic mass is 32.2. The number of nitrogens with zero attached hydrogens (tertiary/aromatic N) is 2. The number of anilines is 1. The quantitative estimate of drug-likeness (QED) is 0.741. The Hall–Kier alpha value is -1.15. The molecule has 1 unspecified atom stereocenters. The van der Waals surface area contributed by atoms with Crippen molar-refractivity contribution in [1.29, 1.82) is 0 Å². The first-order valence-corrected chi connectivity index (χ1v) is 6.62. The Balaban J connectivity index is 2.90. The Morgan fingerprint density at radius 1 is 1.75 bits per heavy atom. The molecule has 1 aromatic heterocycles. The van der Waals surface area contributed by atoms with Gasteiger partial charge in [-0.2, -0.15) is 5.10 Å². The number of nitrogens with one attached hydrogen (secondary N) is 1. The molecule has 1 rings (SSSR count). The number of hydrogen-bond donors (Lipinski definition) is 2. The van der Waals surface area contributed by atoms with E-state index < -0.39 is 15.3 Å². The van der Waals surface area contributed by atoms with Gasteiger partial charge in [0, 0.05) is 13.2 Å². The van der Waals surface area contributed by atoms with Gasteiger partial charge in [0.2, 0.25) is 10.0 Å². The monoisotopic (exact) mass is 262 g/mol. The van der Waals surface area contributed by atoms with Gasteiger partial charge in [-0.1, -0.05) is 19.1 Å². The summed E-state index contributed by atoms with van der Waals surface area (Å²) in [6.45, 7) is 1.71. The van der Waals surface area contributed by atoms with Gasteiger partial charge in [0.1, 0.15) is 5.25 Å². The van der Waals surface area contributed by atoms with Crippen molar-refractivity contribution in [3.05, 3.63) is 12.4 Å². The fraction of sp³-hybridized carbons (Fsp3) is 0.500. The van der Waals surface area contributed by atoms with Crippen molar-refractivity contribution in [1.82, 2.24) is 9.78 Å². The van der Waals surface area contributed by atoms with Crippen LogP contribution < -0.4 is 10.5 Å². The molecule has 0 saturated heterocycles. The van der Waals surface area contributed by atoms with Gasteiger partial charge in [-0.15, -0.1) is 0 Å². The van der Waals surface area contributed by atoms with Crippen molar-refractivity contribution in [3.8, 4) is 0 Å². The highest BCUT2D eigenvalue weighted by Crippen LogP contribution is 2.12. The van der Waals surface area contributed by atoms with Gasteiger partial charge in [0.25, 0.3) is 0 Å². The van der Waals surface area contributed by atoms with Crippen molar-refractivity contribution < 1.29 is 8.42 Å². The van der Waals surface area contributed by atoms with E-state index in [-0.39, 0.29) is 4.99 Å². The van der Waals surface area contributed by atoms with E-state index in [4.69, 9.17) is 18.0 Å². The Kier molecular flexibility index (Phi) is 3.87. The van der Waals surface area contributed by atoms with Crippen LogP contribution in [0.5, 0.6) is 0 Å². The van der Waals surface area contributed by atoms with Crippen molar-refractivity contribution in [3.63, 3.8) is 0 Å². The van der Waals surface area contributed by atoms with Crippen LogP contribution in [0.3, 0.4) is 0 Å². The molecule has 0 bridgehead atoms. The van der Waals surface area contributed by atoms with Crippen molar-refractivity contribution in [2.24, 2.45) is 12.8 Å². The molecule has 16 heavy (non-hydrogen) atoms. The van der Waals surface area contributed by atoms with Crippen molar-refractivity contribution in [2.45, 2.75) is 18.6 Å². The predicted octanol–water partition coefficient (Wildman–Crippen LogP) is 0.226. The van der Waals surface area contributed by atoms with Crippen LogP contribution in [-0.2, 0) is 17.1 Å². The van der Waals surface area contributed by atoms with Crippen molar-refractivity contribution >= 4 is 32.9 Å². The topological polar surface area (TPSA) is 90.0 Å².